The van der Waals surface area contributed by atoms with E-state index in [9.17, 15) is 14.4 Å². The lowest BCUT2D eigenvalue weighted by molar-refractivity contribution is -0.122. The van der Waals surface area contributed by atoms with Crippen molar-refractivity contribution >= 4 is 34.3 Å². The highest BCUT2D eigenvalue weighted by Crippen LogP contribution is 2.09. The molecule has 0 bridgehead atoms. The van der Waals surface area contributed by atoms with Crippen LogP contribution < -0.4 is 16.3 Å². The van der Waals surface area contributed by atoms with Gasteiger partial charge in [-0.3, -0.25) is 29.9 Å². The summed E-state index contributed by atoms with van der Waals surface area (Å²) < 4.78 is 1.58. The van der Waals surface area contributed by atoms with Gasteiger partial charge in [-0.2, -0.15) is 5.10 Å². The van der Waals surface area contributed by atoms with Crippen molar-refractivity contribution in [3.8, 4) is 0 Å². The maximum Gasteiger partial charge on any atom is 0.269 e. The SMILES string of the molecule is O=C(CCn1ncc(=O)c2ccccc21)NNC(=O)c1ccc(Cl)cc1. The summed E-state index contributed by atoms with van der Waals surface area (Å²) in [7, 11) is 0. The molecule has 0 unspecified atom stereocenters. The Bertz CT molecular complexity index is 1010. The molecule has 0 atom stereocenters. The lowest BCUT2D eigenvalue weighted by atomic mass is 10.2. The topological polar surface area (TPSA) is 93.1 Å². The molecule has 0 spiro atoms. The first-order chi connectivity index (χ1) is 12.5. The summed E-state index contributed by atoms with van der Waals surface area (Å²) in [6.07, 6.45) is 1.31. The zero-order valence-corrected chi connectivity index (χ0v) is 14.4. The van der Waals surface area contributed by atoms with Crippen molar-refractivity contribution in [2.45, 2.75) is 13.0 Å². The third-order valence-corrected chi connectivity index (χ3v) is 3.99. The predicted octanol–water partition coefficient (Wildman–Crippen LogP) is 1.90. The van der Waals surface area contributed by atoms with Gasteiger partial charge in [0.2, 0.25) is 11.3 Å². The first-order valence-corrected chi connectivity index (χ1v) is 8.22. The highest BCUT2D eigenvalue weighted by atomic mass is 35.5. The molecule has 132 valence electrons. The molecule has 0 saturated carbocycles. The summed E-state index contributed by atoms with van der Waals surface area (Å²) in [6, 6.07) is 13.3. The number of halogens is 1. The van der Waals surface area contributed by atoms with Crippen LogP contribution in [0.15, 0.2) is 59.5 Å². The molecule has 2 amide bonds. The van der Waals surface area contributed by atoms with E-state index in [1.807, 2.05) is 0 Å². The van der Waals surface area contributed by atoms with Crippen LogP contribution >= 0.6 is 11.6 Å². The number of benzene rings is 2. The lowest BCUT2D eigenvalue weighted by Gasteiger charge is -2.10. The number of aromatic nitrogens is 2. The maximum absolute atomic E-state index is 12.0. The van der Waals surface area contributed by atoms with Gasteiger partial charge in [0.05, 0.1) is 18.3 Å². The van der Waals surface area contributed by atoms with Crippen LogP contribution in [0, 0.1) is 0 Å². The molecule has 0 aliphatic carbocycles. The van der Waals surface area contributed by atoms with Crippen LogP contribution in [0.1, 0.15) is 16.8 Å². The maximum atomic E-state index is 12.0. The van der Waals surface area contributed by atoms with E-state index in [1.165, 1.54) is 6.20 Å². The number of amides is 2. The van der Waals surface area contributed by atoms with E-state index < -0.39 is 5.91 Å². The summed E-state index contributed by atoms with van der Waals surface area (Å²) >= 11 is 5.77. The molecule has 0 radical (unpaired) electrons. The van der Waals surface area contributed by atoms with Crippen LogP contribution in [0.25, 0.3) is 10.9 Å². The zero-order valence-electron chi connectivity index (χ0n) is 13.6. The number of rotatable bonds is 4. The van der Waals surface area contributed by atoms with Gasteiger partial charge in [0.25, 0.3) is 5.91 Å². The minimum Gasteiger partial charge on any atom is -0.287 e. The molecule has 3 aromatic rings. The van der Waals surface area contributed by atoms with Gasteiger partial charge in [-0.25, -0.2) is 0 Å². The largest absolute Gasteiger partial charge is 0.287 e. The molecule has 7 nitrogen and oxygen atoms in total. The van der Waals surface area contributed by atoms with E-state index in [4.69, 9.17) is 11.6 Å². The number of carbonyl (C=O) groups is 2. The van der Waals surface area contributed by atoms with E-state index in [2.05, 4.69) is 16.0 Å². The van der Waals surface area contributed by atoms with Crippen molar-refractivity contribution in [3.05, 3.63) is 75.5 Å². The van der Waals surface area contributed by atoms with Crippen LogP contribution in [0.5, 0.6) is 0 Å². The molecule has 0 aliphatic rings. The Hall–Kier alpha value is -3.19. The Morgan fingerprint density at radius 3 is 2.54 bits per heavy atom. The zero-order chi connectivity index (χ0) is 18.5. The fourth-order valence-electron chi connectivity index (χ4n) is 2.41. The fourth-order valence-corrected chi connectivity index (χ4v) is 2.53. The van der Waals surface area contributed by atoms with Gasteiger partial charge in [0, 0.05) is 22.4 Å². The van der Waals surface area contributed by atoms with Crippen LogP contribution in [0.4, 0.5) is 0 Å². The van der Waals surface area contributed by atoms with Crippen LogP contribution in [0.2, 0.25) is 5.02 Å². The molecule has 0 aliphatic heterocycles. The number of hydrazine groups is 1. The number of nitrogens with one attached hydrogen (secondary N) is 2. The Balaban J connectivity index is 1.58. The molecular formula is C18H15ClN4O3. The van der Waals surface area contributed by atoms with Gasteiger partial charge < -0.3 is 0 Å². The third kappa shape index (κ3) is 4.07. The van der Waals surface area contributed by atoms with E-state index in [1.54, 1.807) is 53.2 Å². The normalized spacial score (nSPS) is 10.5. The van der Waals surface area contributed by atoms with Gasteiger partial charge in [0.1, 0.15) is 0 Å². The van der Waals surface area contributed by atoms with E-state index >= 15 is 0 Å². The van der Waals surface area contributed by atoms with Crippen LogP contribution in [-0.4, -0.2) is 21.6 Å². The van der Waals surface area contributed by atoms with Gasteiger partial charge >= 0.3 is 0 Å². The van der Waals surface area contributed by atoms with Gasteiger partial charge in [-0.1, -0.05) is 23.7 Å². The fraction of sp³-hybridized carbons (Fsp3) is 0.111. The van der Waals surface area contributed by atoms with Crippen molar-refractivity contribution in [3.63, 3.8) is 0 Å². The van der Waals surface area contributed by atoms with E-state index in [0.29, 0.717) is 21.5 Å². The summed E-state index contributed by atoms with van der Waals surface area (Å²) in [4.78, 5) is 35.7. The smallest absolute Gasteiger partial charge is 0.269 e. The first-order valence-electron chi connectivity index (χ1n) is 7.84. The lowest BCUT2D eigenvalue weighted by Crippen LogP contribution is -2.41. The van der Waals surface area contributed by atoms with Crippen molar-refractivity contribution < 1.29 is 9.59 Å². The first kappa shape index (κ1) is 17.6. The average Bonchev–Trinajstić information content (AvgIpc) is 2.66. The number of hydrogen-bond donors (Lipinski definition) is 2. The molecule has 0 fully saturated rings. The Kier molecular flexibility index (Phi) is 5.28. The predicted molar refractivity (Wildman–Crippen MR) is 97.7 cm³/mol. The molecule has 1 aromatic heterocycles. The second-order valence-corrected chi connectivity index (χ2v) is 5.94. The standard InChI is InChI=1S/C18H15ClN4O3/c19-13-7-5-12(6-8-13)18(26)22-21-17(25)9-10-23-15-4-2-1-3-14(15)16(24)11-20-23/h1-8,11H,9-10H2,(H,21,25)(H,22,26). The van der Waals surface area contributed by atoms with Gasteiger partial charge in [0.15, 0.2) is 0 Å². The second-order valence-electron chi connectivity index (χ2n) is 5.51. The number of carbonyl (C=O) groups excluding carboxylic acids is 2. The molecule has 8 heteroatoms. The molecule has 2 aromatic carbocycles. The minimum absolute atomic E-state index is 0.0841. The molecule has 2 N–H and O–H groups in total. The molecular weight excluding hydrogens is 356 g/mol. The quantitative estimate of drug-likeness (QED) is 0.686. The van der Waals surface area contributed by atoms with Crippen molar-refractivity contribution in [2.24, 2.45) is 0 Å². The molecule has 1 heterocycles. The summed E-state index contributed by atoms with van der Waals surface area (Å²) in [5.41, 5.74) is 5.55. The number of aryl methyl sites for hydroxylation is 1. The monoisotopic (exact) mass is 370 g/mol. The Labute approximate surface area is 153 Å². The number of fused-ring (bicyclic) bond motifs is 1. The molecule has 26 heavy (non-hydrogen) atoms. The Morgan fingerprint density at radius 1 is 1.04 bits per heavy atom. The minimum atomic E-state index is -0.443. The molecule has 3 rings (SSSR count). The van der Waals surface area contributed by atoms with Crippen molar-refractivity contribution in [2.75, 3.05) is 0 Å². The van der Waals surface area contributed by atoms with Crippen LogP contribution in [-0.2, 0) is 11.3 Å². The van der Waals surface area contributed by atoms with Crippen molar-refractivity contribution in [1.29, 1.82) is 0 Å². The average molecular weight is 371 g/mol. The highest BCUT2D eigenvalue weighted by Gasteiger charge is 2.09. The highest BCUT2D eigenvalue weighted by molar-refractivity contribution is 6.30. The van der Waals surface area contributed by atoms with Crippen LogP contribution in [0.3, 0.4) is 0 Å². The number of nitrogens with zero attached hydrogens (tertiary/aromatic N) is 2. The van der Waals surface area contributed by atoms with E-state index in [0.717, 1.165) is 0 Å². The van der Waals surface area contributed by atoms with Gasteiger partial charge in [-0.05, 0) is 36.4 Å². The summed E-state index contributed by atoms with van der Waals surface area (Å²) in [5, 5.41) is 5.11. The molecule has 0 saturated heterocycles. The third-order valence-electron chi connectivity index (χ3n) is 3.73. The van der Waals surface area contributed by atoms with Crippen molar-refractivity contribution in [1.82, 2.24) is 20.6 Å². The summed E-state index contributed by atoms with van der Waals surface area (Å²) in [6.45, 7) is 0.267. The van der Waals surface area contributed by atoms with E-state index in [-0.39, 0.29) is 24.3 Å². The summed E-state index contributed by atoms with van der Waals surface area (Å²) in [5.74, 6) is -0.821. The Morgan fingerprint density at radius 2 is 1.77 bits per heavy atom. The number of para-hydroxylation sites is 1. The second kappa shape index (κ2) is 7.79. The van der Waals surface area contributed by atoms with Gasteiger partial charge in [-0.15, -0.1) is 0 Å². The number of hydrogen-bond acceptors (Lipinski definition) is 4.